The third-order valence-electron chi connectivity index (χ3n) is 3.26. The van der Waals surface area contributed by atoms with Gasteiger partial charge in [0.15, 0.2) is 7.85 Å². The summed E-state index contributed by atoms with van der Waals surface area (Å²) >= 11 is 1.88. The lowest BCUT2D eigenvalue weighted by atomic mass is 10.0. The number of thiophene rings is 1. The molecule has 0 bridgehead atoms. The summed E-state index contributed by atoms with van der Waals surface area (Å²) in [7, 11) is 2.18. The first-order chi connectivity index (χ1) is 9.29. The third kappa shape index (κ3) is 2.24. The van der Waals surface area contributed by atoms with E-state index in [1.54, 1.807) is 0 Å². The Morgan fingerprint density at radius 3 is 2.74 bits per heavy atom. The van der Waals surface area contributed by atoms with Gasteiger partial charge in [-0.05, 0) is 40.2 Å². The van der Waals surface area contributed by atoms with Crippen LogP contribution in [0.15, 0.2) is 54.6 Å². The van der Waals surface area contributed by atoms with E-state index in [0.29, 0.717) is 0 Å². The van der Waals surface area contributed by atoms with E-state index in [2.05, 4.69) is 68.5 Å². The van der Waals surface area contributed by atoms with Crippen LogP contribution in [0.3, 0.4) is 0 Å². The number of allylic oxidation sites excluding steroid dienone is 3. The van der Waals surface area contributed by atoms with Crippen LogP contribution in [-0.2, 0) is 0 Å². The van der Waals surface area contributed by atoms with E-state index < -0.39 is 0 Å². The van der Waals surface area contributed by atoms with Gasteiger partial charge in [-0.15, -0.1) is 0 Å². The molecule has 0 N–H and O–H groups in total. The molecule has 0 saturated carbocycles. The van der Waals surface area contributed by atoms with Crippen molar-refractivity contribution in [2.75, 3.05) is 0 Å². The predicted octanol–water partition coefficient (Wildman–Crippen LogP) is 3.90. The standard InChI is InChI=1S/C17H15BS/c1-2-3-4-8-13-10-12-7-5-6-9-14(12)15-11-16(18)19-17(13)15/h2-11H,18H2,1H3/b3-2-,8-4-. The maximum atomic E-state index is 2.30. The molecule has 0 amide bonds. The summed E-state index contributed by atoms with van der Waals surface area (Å²) in [4.78, 5) is 0. The molecule has 0 unspecified atom stereocenters. The second-order valence-electron chi connectivity index (χ2n) is 4.67. The van der Waals surface area contributed by atoms with Crippen LogP contribution >= 0.6 is 11.3 Å². The molecule has 1 heterocycles. The molecule has 0 spiro atoms. The van der Waals surface area contributed by atoms with Gasteiger partial charge in [-0.3, -0.25) is 0 Å². The Labute approximate surface area is 118 Å². The Bertz CT molecular complexity index is 793. The van der Waals surface area contributed by atoms with Gasteiger partial charge >= 0.3 is 0 Å². The van der Waals surface area contributed by atoms with Crippen LogP contribution in [0.25, 0.3) is 26.9 Å². The fourth-order valence-corrected chi connectivity index (χ4v) is 3.45. The number of hydrogen-bond donors (Lipinski definition) is 0. The second-order valence-corrected chi connectivity index (χ2v) is 5.93. The maximum Gasteiger partial charge on any atom is 0.152 e. The molecule has 0 aliphatic heterocycles. The minimum Gasteiger partial charge on any atom is -0.150 e. The Kier molecular flexibility index (Phi) is 3.26. The predicted molar refractivity (Wildman–Crippen MR) is 91.4 cm³/mol. The SMILES string of the molecule is Bc1cc2c(s1)c(/C=C\C=C/C)cc1ccccc12. The van der Waals surface area contributed by atoms with E-state index in [4.69, 9.17) is 0 Å². The van der Waals surface area contributed by atoms with Gasteiger partial charge in [0.25, 0.3) is 0 Å². The monoisotopic (exact) mass is 262 g/mol. The van der Waals surface area contributed by atoms with Crippen LogP contribution in [-0.4, -0.2) is 7.85 Å². The van der Waals surface area contributed by atoms with Crippen molar-refractivity contribution in [3.8, 4) is 0 Å². The van der Waals surface area contributed by atoms with Crippen molar-refractivity contribution in [1.82, 2.24) is 0 Å². The van der Waals surface area contributed by atoms with Crippen LogP contribution < -0.4 is 4.78 Å². The molecule has 0 saturated heterocycles. The normalized spacial score (nSPS) is 12.3. The molecule has 0 aliphatic rings. The van der Waals surface area contributed by atoms with Crippen molar-refractivity contribution in [3.63, 3.8) is 0 Å². The Morgan fingerprint density at radius 2 is 1.89 bits per heavy atom. The summed E-state index contributed by atoms with van der Waals surface area (Å²) in [5.74, 6) is 0. The zero-order valence-electron chi connectivity index (χ0n) is 11.2. The lowest BCUT2D eigenvalue weighted by Gasteiger charge is -2.03. The van der Waals surface area contributed by atoms with Crippen molar-refractivity contribution in [2.24, 2.45) is 0 Å². The van der Waals surface area contributed by atoms with Gasteiger partial charge in [-0.1, -0.05) is 48.6 Å². The Balaban J connectivity index is 2.35. The maximum absolute atomic E-state index is 2.30. The van der Waals surface area contributed by atoms with E-state index >= 15 is 0 Å². The topological polar surface area (TPSA) is 0 Å². The summed E-state index contributed by atoms with van der Waals surface area (Å²) in [6.07, 6.45) is 8.43. The minimum atomic E-state index is 1.31. The fourth-order valence-electron chi connectivity index (χ4n) is 2.42. The molecule has 0 nitrogen and oxygen atoms in total. The zero-order chi connectivity index (χ0) is 13.2. The van der Waals surface area contributed by atoms with Crippen LogP contribution in [0.4, 0.5) is 0 Å². The highest BCUT2D eigenvalue weighted by Gasteiger charge is 2.07. The molecular weight excluding hydrogens is 247 g/mol. The van der Waals surface area contributed by atoms with E-state index in [0.717, 1.165) is 0 Å². The smallest absolute Gasteiger partial charge is 0.150 e. The van der Waals surface area contributed by atoms with Crippen LogP contribution in [0.5, 0.6) is 0 Å². The molecule has 1 aromatic heterocycles. The second kappa shape index (κ2) is 5.06. The molecule has 0 aliphatic carbocycles. The molecule has 0 atom stereocenters. The Morgan fingerprint density at radius 1 is 1.05 bits per heavy atom. The van der Waals surface area contributed by atoms with Gasteiger partial charge in [-0.25, -0.2) is 0 Å². The fraction of sp³-hybridized carbons (Fsp3) is 0.0588. The Hall–Kier alpha value is -1.80. The van der Waals surface area contributed by atoms with Crippen molar-refractivity contribution >= 4 is 50.9 Å². The summed E-state index contributed by atoms with van der Waals surface area (Å²) < 4.78 is 2.75. The number of rotatable bonds is 2. The van der Waals surface area contributed by atoms with Crippen LogP contribution in [0.2, 0.25) is 0 Å². The number of fused-ring (bicyclic) bond motifs is 3. The first-order valence-electron chi connectivity index (χ1n) is 6.51. The van der Waals surface area contributed by atoms with Crippen molar-refractivity contribution in [1.29, 1.82) is 0 Å². The molecular formula is C17H15BS. The average molecular weight is 262 g/mol. The quantitative estimate of drug-likeness (QED) is 0.485. The van der Waals surface area contributed by atoms with Gasteiger partial charge in [-0.2, -0.15) is 11.3 Å². The molecule has 0 radical (unpaired) electrons. The highest BCUT2D eigenvalue weighted by Crippen LogP contribution is 2.32. The highest BCUT2D eigenvalue weighted by atomic mass is 32.1. The zero-order valence-corrected chi connectivity index (χ0v) is 12.0. The van der Waals surface area contributed by atoms with Crippen LogP contribution in [0, 0.1) is 0 Å². The van der Waals surface area contributed by atoms with Gasteiger partial charge in [0.05, 0.1) is 0 Å². The third-order valence-corrected chi connectivity index (χ3v) is 4.36. The van der Waals surface area contributed by atoms with E-state index in [-0.39, 0.29) is 0 Å². The lowest BCUT2D eigenvalue weighted by molar-refractivity contribution is 1.74. The lowest BCUT2D eigenvalue weighted by Crippen LogP contribution is -1.88. The molecule has 0 fully saturated rings. The first kappa shape index (κ1) is 12.2. The van der Waals surface area contributed by atoms with Gasteiger partial charge in [0.2, 0.25) is 0 Å². The summed E-state index contributed by atoms with van der Waals surface area (Å²) in [5.41, 5.74) is 1.31. The molecule has 19 heavy (non-hydrogen) atoms. The van der Waals surface area contributed by atoms with Gasteiger partial charge < -0.3 is 0 Å². The molecule has 3 rings (SSSR count). The average Bonchev–Trinajstić information content (AvgIpc) is 2.81. The number of hydrogen-bond acceptors (Lipinski definition) is 1. The summed E-state index contributed by atoms with van der Waals surface area (Å²) in [5, 5.41) is 4.04. The van der Waals surface area contributed by atoms with E-state index in [1.807, 2.05) is 18.3 Å². The highest BCUT2D eigenvalue weighted by molar-refractivity contribution is 7.26. The van der Waals surface area contributed by atoms with E-state index in [1.165, 1.54) is 31.2 Å². The van der Waals surface area contributed by atoms with Crippen molar-refractivity contribution < 1.29 is 0 Å². The van der Waals surface area contributed by atoms with E-state index in [9.17, 15) is 0 Å². The summed E-state index contributed by atoms with van der Waals surface area (Å²) in [6, 6.07) is 13.2. The molecule has 2 aromatic carbocycles. The minimum absolute atomic E-state index is 1.31. The van der Waals surface area contributed by atoms with Crippen molar-refractivity contribution in [2.45, 2.75) is 6.92 Å². The molecule has 2 heteroatoms. The number of benzene rings is 2. The van der Waals surface area contributed by atoms with Crippen molar-refractivity contribution in [3.05, 3.63) is 60.2 Å². The first-order valence-corrected chi connectivity index (χ1v) is 7.32. The largest absolute Gasteiger partial charge is 0.152 e. The van der Waals surface area contributed by atoms with Crippen LogP contribution in [0.1, 0.15) is 12.5 Å². The summed E-state index contributed by atoms with van der Waals surface area (Å²) in [6.45, 7) is 2.04. The van der Waals surface area contributed by atoms with Gasteiger partial charge in [0.1, 0.15) is 0 Å². The molecule has 3 aromatic rings. The molecule has 92 valence electrons. The van der Waals surface area contributed by atoms with Gasteiger partial charge in [0, 0.05) is 10.1 Å².